The van der Waals surface area contributed by atoms with Gasteiger partial charge < -0.3 is 9.88 Å². The molecule has 0 unspecified atom stereocenters. The first-order valence-corrected chi connectivity index (χ1v) is 7.03. The van der Waals surface area contributed by atoms with Crippen LogP contribution in [0.1, 0.15) is 10.5 Å². The van der Waals surface area contributed by atoms with Gasteiger partial charge in [-0.3, -0.25) is 4.79 Å². The minimum atomic E-state index is -0.255. The van der Waals surface area contributed by atoms with Crippen LogP contribution in [0, 0.1) is 0 Å². The molecule has 21 heavy (non-hydrogen) atoms. The van der Waals surface area contributed by atoms with Crippen LogP contribution in [0.15, 0.2) is 65.8 Å². The Kier molecular flexibility index (Phi) is 3.79. The summed E-state index contributed by atoms with van der Waals surface area (Å²) in [4.78, 5) is 20.3. The van der Waals surface area contributed by atoms with Crippen LogP contribution < -0.4 is 5.32 Å². The van der Waals surface area contributed by atoms with Gasteiger partial charge in [0.1, 0.15) is 5.69 Å². The summed E-state index contributed by atoms with van der Waals surface area (Å²) in [6.07, 6.45) is 6.79. The number of benzene rings is 1. The minimum absolute atomic E-state index is 0.255. The molecule has 0 saturated heterocycles. The number of imidazole rings is 1. The molecule has 104 valence electrons. The van der Waals surface area contributed by atoms with Crippen molar-refractivity contribution in [2.24, 2.45) is 0 Å². The molecule has 3 rings (SSSR count). The zero-order valence-corrected chi connectivity index (χ0v) is 12.5. The third-order valence-electron chi connectivity index (χ3n) is 2.89. The summed E-state index contributed by atoms with van der Waals surface area (Å²) in [7, 11) is 0. The average molecular weight is 343 g/mol. The Hall–Kier alpha value is -2.47. The van der Waals surface area contributed by atoms with E-state index in [-0.39, 0.29) is 5.91 Å². The molecule has 2 heterocycles. The Balaban J connectivity index is 1.88. The molecule has 1 amide bonds. The number of carbonyl (C=O) groups is 1. The lowest BCUT2D eigenvalue weighted by Gasteiger charge is -2.11. The molecule has 0 aliphatic carbocycles. The number of pyridine rings is 1. The average Bonchev–Trinajstić information content (AvgIpc) is 3.02. The molecule has 0 saturated carbocycles. The number of rotatable bonds is 3. The van der Waals surface area contributed by atoms with E-state index in [0.29, 0.717) is 11.4 Å². The molecule has 0 aliphatic heterocycles. The van der Waals surface area contributed by atoms with E-state index in [2.05, 4.69) is 31.2 Å². The number of carbonyl (C=O) groups excluding carboxylic acids is 1. The summed E-state index contributed by atoms with van der Waals surface area (Å²) in [5.41, 5.74) is 1.91. The number of anilines is 1. The Morgan fingerprint density at radius 1 is 1.19 bits per heavy atom. The van der Waals surface area contributed by atoms with Crippen molar-refractivity contribution in [2.75, 3.05) is 5.32 Å². The van der Waals surface area contributed by atoms with E-state index < -0.39 is 0 Å². The molecule has 0 radical (unpaired) electrons. The largest absolute Gasteiger partial charge is 0.319 e. The van der Waals surface area contributed by atoms with Crippen molar-refractivity contribution >= 4 is 27.5 Å². The number of para-hydroxylation sites is 2. The van der Waals surface area contributed by atoms with E-state index in [0.717, 1.165) is 10.2 Å². The first-order chi connectivity index (χ1) is 10.2. The fraction of sp³-hybridized carbons (Fsp3) is 0. The van der Waals surface area contributed by atoms with Gasteiger partial charge in [-0.05, 0) is 40.2 Å². The third-order valence-corrected chi connectivity index (χ3v) is 3.36. The summed E-state index contributed by atoms with van der Waals surface area (Å²) in [5, 5.41) is 2.87. The van der Waals surface area contributed by atoms with Crippen molar-refractivity contribution in [3.8, 4) is 5.69 Å². The van der Waals surface area contributed by atoms with Gasteiger partial charge in [-0.2, -0.15) is 0 Å². The third kappa shape index (κ3) is 3.00. The van der Waals surface area contributed by atoms with E-state index in [1.165, 1.54) is 0 Å². The lowest BCUT2D eigenvalue weighted by atomic mass is 10.2. The van der Waals surface area contributed by atoms with Crippen LogP contribution in [0.25, 0.3) is 5.69 Å². The van der Waals surface area contributed by atoms with E-state index in [1.807, 2.05) is 35.0 Å². The maximum absolute atomic E-state index is 12.2. The highest BCUT2D eigenvalue weighted by Gasteiger charge is 2.10. The van der Waals surface area contributed by atoms with Crippen LogP contribution in [0.2, 0.25) is 0 Å². The Morgan fingerprint density at radius 3 is 2.76 bits per heavy atom. The maximum Gasteiger partial charge on any atom is 0.274 e. The highest BCUT2D eigenvalue weighted by molar-refractivity contribution is 9.10. The van der Waals surface area contributed by atoms with Crippen LogP contribution in [0.3, 0.4) is 0 Å². The molecular weight excluding hydrogens is 332 g/mol. The van der Waals surface area contributed by atoms with E-state index >= 15 is 0 Å². The molecule has 0 aliphatic rings. The van der Waals surface area contributed by atoms with Gasteiger partial charge in [0, 0.05) is 23.1 Å². The second-order valence-corrected chi connectivity index (χ2v) is 5.22. The second-order valence-electron chi connectivity index (χ2n) is 4.30. The Morgan fingerprint density at radius 2 is 2.05 bits per heavy atom. The molecule has 6 heteroatoms. The van der Waals surface area contributed by atoms with Crippen LogP contribution in [0.5, 0.6) is 0 Å². The predicted octanol–water partition coefficient (Wildman–Crippen LogP) is 3.28. The quantitative estimate of drug-likeness (QED) is 0.794. The molecule has 5 nitrogen and oxygen atoms in total. The standard InChI is InChI=1S/C15H11BrN4O/c16-11-5-6-13(18-9-11)15(21)19-12-3-1-2-4-14(12)20-8-7-17-10-20/h1-10H,(H,19,21). The molecule has 1 aromatic carbocycles. The van der Waals surface area contributed by atoms with Gasteiger partial charge in [-0.15, -0.1) is 0 Å². The Labute approximate surface area is 129 Å². The fourth-order valence-electron chi connectivity index (χ4n) is 1.90. The van der Waals surface area contributed by atoms with Crippen LogP contribution in [0.4, 0.5) is 5.69 Å². The summed E-state index contributed by atoms with van der Waals surface area (Å²) in [6.45, 7) is 0. The molecular formula is C15H11BrN4O. The smallest absolute Gasteiger partial charge is 0.274 e. The molecule has 0 fully saturated rings. The lowest BCUT2D eigenvalue weighted by Crippen LogP contribution is -2.15. The van der Waals surface area contributed by atoms with E-state index in [1.54, 1.807) is 30.9 Å². The molecule has 1 N–H and O–H groups in total. The second kappa shape index (κ2) is 5.88. The van der Waals surface area contributed by atoms with E-state index in [9.17, 15) is 4.79 Å². The van der Waals surface area contributed by atoms with Gasteiger partial charge in [0.2, 0.25) is 0 Å². The predicted molar refractivity (Wildman–Crippen MR) is 83.5 cm³/mol. The first kappa shape index (κ1) is 13.5. The zero-order valence-electron chi connectivity index (χ0n) is 10.9. The molecule has 0 bridgehead atoms. The topological polar surface area (TPSA) is 59.8 Å². The van der Waals surface area contributed by atoms with Crippen molar-refractivity contribution in [1.82, 2.24) is 14.5 Å². The van der Waals surface area contributed by atoms with Gasteiger partial charge in [-0.1, -0.05) is 12.1 Å². The maximum atomic E-state index is 12.2. The summed E-state index contributed by atoms with van der Waals surface area (Å²) in [6, 6.07) is 11.0. The highest BCUT2D eigenvalue weighted by Crippen LogP contribution is 2.20. The van der Waals surface area contributed by atoms with Crippen molar-refractivity contribution in [2.45, 2.75) is 0 Å². The normalized spacial score (nSPS) is 10.3. The van der Waals surface area contributed by atoms with Gasteiger partial charge in [0.05, 0.1) is 17.7 Å². The van der Waals surface area contributed by atoms with Crippen molar-refractivity contribution in [1.29, 1.82) is 0 Å². The summed E-state index contributed by atoms with van der Waals surface area (Å²) >= 11 is 3.29. The lowest BCUT2D eigenvalue weighted by molar-refractivity contribution is 0.102. The van der Waals surface area contributed by atoms with Gasteiger partial charge in [-0.25, -0.2) is 9.97 Å². The Bertz CT molecular complexity index is 754. The number of aromatic nitrogens is 3. The van der Waals surface area contributed by atoms with Crippen LogP contribution >= 0.6 is 15.9 Å². The van der Waals surface area contributed by atoms with Gasteiger partial charge in [0.25, 0.3) is 5.91 Å². The number of hydrogen-bond donors (Lipinski definition) is 1. The number of nitrogens with zero attached hydrogens (tertiary/aromatic N) is 3. The number of hydrogen-bond acceptors (Lipinski definition) is 3. The first-order valence-electron chi connectivity index (χ1n) is 6.24. The SMILES string of the molecule is O=C(Nc1ccccc1-n1ccnc1)c1ccc(Br)cn1. The van der Waals surface area contributed by atoms with Crippen LogP contribution in [-0.2, 0) is 0 Å². The fourth-order valence-corrected chi connectivity index (χ4v) is 2.14. The molecule has 3 aromatic rings. The van der Waals surface area contributed by atoms with Gasteiger partial charge >= 0.3 is 0 Å². The van der Waals surface area contributed by atoms with Crippen LogP contribution in [-0.4, -0.2) is 20.4 Å². The van der Waals surface area contributed by atoms with Crippen molar-refractivity contribution < 1.29 is 4.79 Å². The number of amides is 1. The summed E-state index contributed by atoms with van der Waals surface area (Å²) < 4.78 is 2.67. The van der Waals surface area contributed by atoms with Crippen molar-refractivity contribution in [3.63, 3.8) is 0 Å². The monoisotopic (exact) mass is 342 g/mol. The van der Waals surface area contributed by atoms with Crippen molar-refractivity contribution in [3.05, 3.63) is 71.5 Å². The molecule has 0 atom stereocenters. The number of nitrogens with one attached hydrogen (secondary N) is 1. The number of halogens is 1. The zero-order chi connectivity index (χ0) is 14.7. The minimum Gasteiger partial charge on any atom is -0.319 e. The highest BCUT2D eigenvalue weighted by atomic mass is 79.9. The van der Waals surface area contributed by atoms with Gasteiger partial charge in [0.15, 0.2) is 0 Å². The summed E-state index contributed by atoms with van der Waals surface area (Å²) in [5.74, 6) is -0.255. The van der Waals surface area contributed by atoms with E-state index in [4.69, 9.17) is 0 Å². The molecule has 2 aromatic heterocycles. The molecule has 0 spiro atoms.